The summed E-state index contributed by atoms with van der Waals surface area (Å²) in [5.41, 5.74) is 8.76. The van der Waals surface area contributed by atoms with E-state index in [0.29, 0.717) is 12.1 Å². The van der Waals surface area contributed by atoms with E-state index >= 15 is 0 Å². The number of hydrogen-bond acceptors (Lipinski definition) is 6. The molecule has 1 fully saturated rings. The highest BCUT2D eigenvalue weighted by molar-refractivity contribution is 7.99. The largest absolute Gasteiger partial charge is 0.497 e. The Balaban J connectivity index is 1.88. The molecular weight excluding hydrogens is 278 g/mol. The fraction of sp³-hybridized carbons (Fsp3) is 0.462. The van der Waals surface area contributed by atoms with E-state index in [2.05, 4.69) is 5.43 Å². The van der Waals surface area contributed by atoms with Gasteiger partial charge in [-0.05, 0) is 31.0 Å². The lowest BCUT2D eigenvalue weighted by Gasteiger charge is -2.13. The summed E-state index contributed by atoms with van der Waals surface area (Å²) in [5.74, 6) is 6.35. The quantitative estimate of drug-likeness (QED) is 0.245. The molecule has 0 radical (unpaired) electrons. The molecule has 7 heteroatoms. The van der Waals surface area contributed by atoms with E-state index < -0.39 is 6.10 Å². The molecule has 0 bridgehead atoms. The van der Waals surface area contributed by atoms with Crippen LogP contribution in [0.4, 0.5) is 5.69 Å². The van der Waals surface area contributed by atoms with E-state index in [1.807, 2.05) is 18.2 Å². The van der Waals surface area contributed by atoms with Gasteiger partial charge in [0.25, 0.3) is 5.91 Å². The van der Waals surface area contributed by atoms with Crippen LogP contribution in [-0.2, 0) is 9.53 Å². The lowest BCUT2D eigenvalue weighted by atomic mass is 10.2. The molecule has 1 heterocycles. The van der Waals surface area contributed by atoms with E-state index in [4.69, 9.17) is 21.1 Å². The molecule has 6 nitrogen and oxygen atoms in total. The predicted octanol–water partition coefficient (Wildman–Crippen LogP) is 0.907. The summed E-state index contributed by atoms with van der Waals surface area (Å²) in [6.07, 6.45) is 1.14. The highest BCUT2D eigenvalue weighted by Gasteiger charge is 2.30. The lowest BCUT2D eigenvalue weighted by Crippen LogP contribution is -2.39. The zero-order valence-corrected chi connectivity index (χ0v) is 12.1. The molecule has 0 spiro atoms. The molecule has 20 heavy (non-hydrogen) atoms. The number of ether oxygens (including phenoxy) is 2. The van der Waals surface area contributed by atoms with Crippen LogP contribution < -0.4 is 21.7 Å². The van der Waals surface area contributed by atoms with Crippen molar-refractivity contribution in [3.05, 3.63) is 18.2 Å². The average molecular weight is 297 g/mol. The molecule has 5 N–H and O–H groups in total. The van der Waals surface area contributed by atoms with Gasteiger partial charge in [-0.2, -0.15) is 0 Å². The SMILES string of the molecule is COc1ccc(N)c(SCC2CCC(C(=O)NN)O2)c1. The summed E-state index contributed by atoms with van der Waals surface area (Å²) in [6.45, 7) is 0. The first kappa shape index (κ1) is 15.0. The molecule has 110 valence electrons. The number of hydrazine groups is 1. The van der Waals surface area contributed by atoms with Gasteiger partial charge in [0.15, 0.2) is 0 Å². The number of carbonyl (C=O) groups is 1. The Hall–Kier alpha value is -1.44. The minimum absolute atomic E-state index is 0.0351. The maximum absolute atomic E-state index is 11.4. The van der Waals surface area contributed by atoms with Crippen LogP contribution in [0, 0.1) is 0 Å². The first-order chi connectivity index (χ1) is 9.63. The van der Waals surface area contributed by atoms with Crippen molar-refractivity contribution in [2.75, 3.05) is 18.6 Å². The Morgan fingerprint density at radius 3 is 3.05 bits per heavy atom. The zero-order chi connectivity index (χ0) is 14.5. The number of thioether (sulfide) groups is 1. The number of methoxy groups -OCH3 is 1. The monoisotopic (exact) mass is 297 g/mol. The summed E-state index contributed by atoms with van der Waals surface area (Å²) in [5, 5.41) is 0. The highest BCUT2D eigenvalue weighted by atomic mass is 32.2. The third kappa shape index (κ3) is 3.56. The average Bonchev–Trinajstić information content (AvgIpc) is 2.94. The Kier molecular flexibility index (Phi) is 5.11. The van der Waals surface area contributed by atoms with Crippen LogP contribution in [0.5, 0.6) is 5.75 Å². The fourth-order valence-electron chi connectivity index (χ4n) is 2.06. The van der Waals surface area contributed by atoms with Gasteiger partial charge in [0.2, 0.25) is 0 Å². The van der Waals surface area contributed by atoms with E-state index in [-0.39, 0.29) is 12.0 Å². The van der Waals surface area contributed by atoms with Crippen molar-refractivity contribution < 1.29 is 14.3 Å². The maximum atomic E-state index is 11.4. The molecule has 0 aromatic heterocycles. The van der Waals surface area contributed by atoms with E-state index in [1.54, 1.807) is 18.9 Å². The number of nitrogens with one attached hydrogen (secondary N) is 1. The standard InChI is InChI=1S/C13H19N3O3S/c1-18-8-2-4-10(14)12(6-8)20-7-9-3-5-11(19-9)13(17)16-15/h2,4,6,9,11H,3,5,7,14-15H2,1H3,(H,16,17). The molecule has 2 rings (SSSR count). The van der Waals surface area contributed by atoms with Gasteiger partial charge in [-0.15, -0.1) is 11.8 Å². The molecule has 1 aliphatic heterocycles. The summed E-state index contributed by atoms with van der Waals surface area (Å²) < 4.78 is 10.8. The molecule has 1 aromatic rings. The van der Waals surface area contributed by atoms with Crippen LogP contribution in [0.1, 0.15) is 12.8 Å². The normalized spacial score (nSPS) is 21.7. The Bertz CT molecular complexity index is 484. The summed E-state index contributed by atoms with van der Waals surface area (Å²) >= 11 is 1.60. The second-order valence-corrected chi connectivity index (χ2v) is 5.61. The van der Waals surface area contributed by atoms with Gasteiger partial charge in [0.05, 0.1) is 13.2 Å². The van der Waals surface area contributed by atoms with Crippen LogP contribution in [0.3, 0.4) is 0 Å². The minimum Gasteiger partial charge on any atom is -0.497 e. The van der Waals surface area contributed by atoms with Gasteiger partial charge in [-0.1, -0.05) is 0 Å². The molecule has 1 amide bonds. The number of nitrogen functional groups attached to an aromatic ring is 1. The van der Waals surface area contributed by atoms with Crippen molar-refractivity contribution in [2.45, 2.75) is 29.9 Å². The van der Waals surface area contributed by atoms with Crippen LogP contribution in [0.25, 0.3) is 0 Å². The van der Waals surface area contributed by atoms with Gasteiger partial charge in [0.1, 0.15) is 11.9 Å². The Morgan fingerprint density at radius 2 is 2.35 bits per heavy atom. The van der Waals surface area contributed by atoms with Crippen LogP contribution in [0.2, 0.25) is 0 Å². The van der Waals surface area contributed by atoms with Crippen molar-refractivity contribution in [2.24, 2.45) is 5.84 Å². The minimum atomic E-state index is -0.437. The first-order valence-corrected chi connectivity index (χ1v) is 7.35. The lowest BCUT2D eigenvalue weighted by molar-refractivity contribution is -0.131. The number of benzene rings is 1. The molecule has 1 aromatic carbocycles. The van der Waals surface area contributed by atoms with Gasteiger partial charge in [-0.3, -0.25) is 10.2 Å². The molecule has 0 saturated carbocycles. The number of anilines is 1. The van der Waals surface area contributed by atoms with E-state index in [0.717, 1.165) is 22.8 Å². The molecule has 1 saturated heterocycles. The highest BCUT2D eigenvalue weighted by Crippen LogP contribution is 2.32. The molecular formula is C13H19N3O3S. The molecule has 1 aliphatic rings. The molecule has 2 unspecified atom stereocenters. The number of rotatable bonds is 5. The predicted molar refractivity (Wildman–Crippen MR) is 78.4 cm³/mol. The van der Waals surface area contributed by atoms with Crippen molar-refractivity contribution >= 4 is 23.4 Å². The maximum Gasteiger partial charge on any atom is 0.263 e. The van der Waals surface area contributed by atoms with Gasteiger partial charge in [-0.25, -0.2) is 5.84 Å². The van der Waals surface area contributed by atoms with Crippen molar-refractivity contribution in [1.29, 1.82) is 0 Å². The van der Waals surface area contributed by atoms with Gasteiger partial charge in [0, 0.05) is 16.3 Å². The third-order valence-corrected chi connectivity index (χ3v) is 4.39. The van der Waals surface area contributed by atoms with Crippen LogP contribution in [-0.4, -0.2) is 31.0 Å². The van der Waals surface area contributed by atoms with Gasteiger partial charge < -0.3 is 15.2 Å². The van der Waals surface area contributed by atoms with Crippen molar-refractivity contribution in [3.63, 3.8) is 0 Å². The second kappa shape index (κ2) is 6.83. The van der Waals surface area contributed by atoms with E-state index in [1.165, 1.54) is 0 Å². The Morgan fingerprint density at radius 1 is 1.55 bits per heavy atom. The summed E-state index contributed by atoms with van der Waals surface area (Å²) in [6, 6.07) is 5.55. The second-order valence-electron chi connectivity index (χ2n) is 4.55. The summed E-state index contributed by atoms with van der Waals surface area (Å²) in [7, 11) is 1.62. The first-order valence-electron chi connectivity index (χ1n) is 6.36. The number of carbonyl (C=O) groups excluding carboxylic acids is 1. The van der Waals surface area contributed by atoms with Crippen molar-refractivity contribution in [3.8, 4) is 5.75 Å². The van der Waals surface area contributed by atoms with E-state index in [9.17, 15) is 4.79 Å². The van der Waals surface area contributed by atoms with Crippen LogP contribution in [0.15, 0.2) is 23.1 Å². The smallest absolute Gasteiger partial charge is 0.263 e. The van der Waals surface area contributed by atoms with Crippen molar-refractivity contribution in [1.82, 2.24) is 5.43 Å². The topological polar surface area (TPSA) is 99.6 Å². The zero-order valence-electron chi connectivity index (χ0n) is 11.3. The number of hydrogen-bond donors (Lipinski definition) is 3. The number of amides is 1. The third-order valence-electron chi connectivity index (χ3n) is 3.19. The molecule has 0 aliphatic carbocycles. The molecule has 2 atom stereocenters. The summed E-state index contributed by atoms with van der Waals surface area (Å²) in [4.78, 5) is 12.3. The number of nitrogens with two attached hydrogens (primary N) is 2. The Labute approximate surface area is 122 Å². The van der Waals surface area contributed by atoms with Gasteiger partial charge >= 0.3 is 0 Å². The van der Waals surface area contributed by atoms with Crippen LogP contribution >= 0.6 is 11.8 Å². The fourth-order valence-corrected chi connectivity index (χ4v) is 3.11.